The van der Waals surface area contributed by atoms with E-state index in [1.807, 2.05) is 4.90 Å². The van der Waals surface area contributed by atoms with Gasteiger partial charge in [0.05, 0.1) is 25.7 Å². The van der Waals surface area contributed by atoms with E-state index in [-0.39, 0.29) is 11.8 Å². The third-order valence-corrected chi connectivity index (χ3v) is 4.08. The third-order valence-electron chi connectivity index (χ3n) is 4.08. The monoisotopic (exact) mass is 338 g/mol. The molecule has 1 saturated heterocycles. The lowest BCUT2D eigenvalue weighted by molar-refractivity contribution is -0.131. The van der Waals surface area contributed by atoms with Crippen LogP contribution in [0, 0.1) is 11.3 Å². The Bertz CT molecular complexity index is 417. The van der Waals surface area contributed by atoms with Crippen LogP contribution in [0.2, 0.25) is 0 Å². The highest BCUT2D eigenvalue weighted by Gasteiger charge is 2.16. The van der Waals surface area contributed by atoms with E-state index in [4.69, 9.17) is 10.00 Å². The van der Waals surface area contributed by atoms with E-state index in [2.05, 4.69) is 16.3 Å². The molecule has 0 spiro atoms. The molecule has 1 fully saturated rings. The van der Waals surface area contributed by atoms with Gasteiger partial charge in [0.15, 0.2) is 0 Å². The summed E-state index contributed by atoms with van der Waals surface area (Å²) in [6.45, 7) is 7.50. The normalized spacial score (nSPS) is 14.8. The second-order valence-corrected chi connectivity index (χ2v) is 6.04. The van der Waals surface area contributed by atoms with Crippen molar-refractivity contribution in [3.8, 4) is 6.07 Å². The van der Waals surface area contributed by atoms with Gasteiger partial charge < -0.3 is 15.0 Å². The van der Waals surface area contributed by atoms with Crippen LogP contribution >= 0.6 is 0 Å². The van der Waals surface area contributed by atoms with Gasteiger partial charge in [-0.1, -0.05) is 6.42 Å². The number of carbonyl (C=O) groups is 2. The quantitative estimate of drug-likeness (QED) is 0.562. The Morgan fingerprint density at radius 3 is 2.62 bits per heavy atom. The second-order valence-electron chi connectivity index (χ2n) is 6.04. The molecule has 7 heteroatoms. The summed E-state index contributed by atoms with van der Waals surface area (Å²) in [5.74, 6) is 0.106. The summed E-state index contributed by atoms with van der Waals surface area (Å²) in [4.78, 5) is 27.2. The summed E-state index contributed by atoms with van der Waals surface area (Å²) in [5, 5.41) is 11.5. The zero-order chi connectivity index (χ0) is 17.6. The Morgan fingerprint density at radius 1 is 1.21 bits per heavy atom. The van der Waals surface area contributed by atoms with Gasteiger partial charge in [0.1, 0.15) is 0 Å². The highest BCUT2D eigenvalue weighted by Crippen LogP contribution is 2.05. The average molecular weight is 338 g/mol. The lowest BCUT2D eigenvalue weighted by Gasteiger charge is -2.30. The van der Waals surface area contributed by atoms with Crippen LogP contribution in [0.1, 0.15) is 39.0 Å². The first-order valence-electron chi connectivity index (χ1n) is 8.82. The third kappa shape index (κ3) is 9.48. The largest absolute Gasteiger partial charge is 0.379 e. The van der Waals surface area contributed by atoms with E-state index in [0.717, 1.165) is 52.1 Å². The highest BCUT2D eigenvalue weighted by atomic mass is 16.5. The summed E-state index contributed by atoms with van der Waals surface area (Å²) in [5.41, 5.74) is 0. The predicted octanol–water partition coefficient (Wildman–Crippen LogP) is 0.757. The van der Waals surface area contributed by atoms with E-state index in [1.54, 1.807) is 0 Å². The number of hydrogen-bond donors (Lipinski definition) is 1. The van der Waals surface area contributed by atoms with Crippen LogP contribution < -0.4 is 5.32 Å². The van der Waals surface area contributed by atoms with E-state index in [9.17, 15) is 9.59 Å². The second kappa shape index (κ2) is 12.7. The molecule has 24 heavy (non-hydrogen) atoms. The van der Waals surface area contributed by atoms with E-state index < -0.39 is 0 Å². The maximum Gasteiger partial charge on any atom is 0.222 e. The van der Waals surface area contributed by atoms with Crippen molar-refractivity contribution in [1.29, 1.82) is 5.26 Å². The fourth-order valence-corrected chi connectivity index (χ4v) is 2.63. The fraction of sp³-hybridized carbons (Fsp3) is 0.824. The van der Waals surface area contributed by atoms with Gasteiger partial charge in [-0.25, -0.2) is 0 Å². The molecule has 7 nitrogen and oxygen atoms in total. The molecule has 1 aliphatic rings. The van der Waals surface area contributed by atoms with Crippen molar-refractivity contribution in [2.75, 3.05) is 52.5 Å². The molecule has 1 N–H and O–H groups in total. The minimum absolute atomic E-state index is 0.0168. The summed E-state index contributed by atoms with van der Waals surface area (Å²) >= 11 is 0. The average Bonchev–Trinajstić information content (AvgIpc) is 2.58. The van der Waals surface area contributed by atoms with Crippen molar-refractivity contribution in [2.45, 2.75) is 39.0 Å². The van der Waals surface area contributed by atoms with Crippen molar-refractivity contribution in [1.82, 2.24) is 15.1 Å². The molecule has 2 amide bonds. The van der Waals surface area contributed by atoms with Crippen LogP contribution in [-0.2, 0) is 14.3 Å². The Labute approximate surface area is 144 Å². The number of amides is 2. The van der Waals surface area contributed by atoms with E-state index in [1.165, 1.54) is 6.92 Å². The summed E-state index contributed by atoms with van der Waals surface area (Å²) in [7, 11) is 0. The summed E-state index contributed by atoms with van der Waals surface area (Å²) in [6.07, 6.45) is 3.51. The molecule has 1 aliphatic heterocycles. The Morgan fingerprint density at radius 2 is 1.96 bits per heavy atom. The zero-order valence-electron chi connectivity index (χ0n) is 14.8. The minimum Gasteiger partial charge on any atom is -0.379 e. The van der Waals surface area contributed by atoms with Gasteiger partial charge in [0, 0.05) is 52.6 Å². The molecule has 0 atom stereocenters. The van der Waals surface area contributed by atoms with Gasteiger partial charge >= 0.3 is 0 Å². The lowest BCUT2D eigenvalue weighted by atomic mass is 10.1. The number of nitrogens with zero attached hydrogens (tertiary/aromatic N) is 3. The summed E-state index contributed by atoms with van der Waals surface area (Å²) < 4.78 is 5.33. The Kier molecular flexibility index (Phi) is 10.8. The van der Waals surface area contributed by atoms with Crippen LogP contribution in [0.5, 0.6) is 0 Å². The predicted molar refractivity (Wildman–Crippen MR) is 91.2 cm³/mol. The van der Waals surface area contributed by atoms with Crippen LogP contribution in [0.15, 0.2) is 0 Å². The van der Waals surface area contributed by atoms with Gasteiger partial charge in [-0.3, -0.25) is 14.5 Å². The first-order chi connectivity index (χ1) is 11.6. The molecule has 0 bridgehead atoms. The van der Waals surface area contributed by atoms with Crippen molar-refractivity contribution in [3.63, 3.8) is 0 Å². The smallest absolute Gasteiger partial charge is 0.222 e. The molecule has 0 unspecified atom stereocenters. The van der Waals surface area contributed by atoms with Gasteiger partial charge in [0.25, 0.3) is 0 Å². The number of nitriles is 1. The molecule has 1 rings (SSSR count). The maximum absolute atomic E-state index is 12.4. The number of unbranched alkanes of at least 4 members (excludes halogenated alkanes) is 2. The van der Waals surface area contributed by atoms with Crippen molar-refractivity contribution in [2.24, 2.45) is 0 Å². The number of morpholine rings is 1. The lowest BCUT2D eigenvalue weighted by Crippen LogP contribution is -2.43. The molecule has 0 aromatic carbocycles. The number of ether oxygens (including phenoxy) is 1. The standard InChI is InChI=1S/C17H30N4O3/c1-16(22)19-8-4-2-3-6-17(23)21(9-5-7-18)11-10-20-12-14-24-15-13-20/h2-6,8-15H2,1H3,(H,19,22). The molecule has 1 heterocycles. The number of nitrogens with one attached hydrogen (secondary N) is 1. The molecule has 0 aromatic rings. The molecular weight excluding hydrogens is 308 g/mol. The fourth-order valence-electron chi connectivity index (χ4n) is 2.63. The van der Waals surface area contributed by atoms with Gasteiger partial charge in [-0.05, 0) is 12.8 Å². The topological polar surface area (TPSA) is 85.7 Å². The van der Waals surface area contributed by atoms with Crippen LogP contribution in [0.25, 0.3) is 0 Å². The van der Waals surface area contributed by atoms with Gasteiger partial charge in [-0.2, -0.15) is 5.26 Å². The minimum atomic E-state index is -0.0168. The van der Waals surface area contributed by atoms with Crippen LogP contribution in [0.3, 0.4) is 0 Å². The molecule has 0 aromatic heterocycles. The summed E-state index contributed by atoms with van der Waals surface area (Å²) in [6, 6.07) is 2.12. The zero-order valence-corrected chi connectivity index (χ0v) is 14.8. The molecule has 0 aliphatic carbocycles. The first kappa shape index (κ1) is 20.4. The molecule has 0 saturated carbocycles. The van der Waals surface area contributed by atoms with Crippen molar-refractivity contribution in [3.05, 3.63) is 0 Å². The Balaban J connectivity index is 2.24. The SMILES string of the molecule is CC(=O)NCCCCCC(=O)N(CCC#N)CCN1CCOCC1. The number of hydrogen-bond acceptors (Lipinski definition) is 5. The molecular formula is C17H30N4O3. The highest BCUT2D eigenvalue weighted by molar-refractivity contribution is 5.76. The van der Waals surface area contributed by atoms with Crippen LogP contribution in [-0.4, -0.2) is 74.1 Å². The van der Waals surface area contributed by atoms with Crippen molar-refractivity contribution >= 4 is 11.8 Å². The molecule has 0 radical (unpaired) electrons. The Hall–Kier alpha value is -1.65. The number of carbonyl (C=O) groups excluding carboxylic acids is 2. The van der Waals surface area contributed by atoms with Crippen LogP contribution in [0.4, 0.5) is 0 Å². The first-order valence-corrected chi connectivity index (χ1v) is 8.82. The molecule has 136 valence electrons. The van der Waals surface area contributed by atoms with E-state index in [0.29, 0.717) is 32.5 Å². The number of rotatable bonds is 11. The van der Waals surface area contributed by atoms with Crippen molar-refractivity contribution < 1.29 is 14.3 Å². The maximum atomic E-state index is 12.4. The van der Waals surface area contributed by atoms with Gasteiger partial charge in [-0.15, -0.1) is 0 Å². The van der Waals surface area contributed by atoms with Gasteiger partial charge in [0.2, 0.25) is 11.8 Å². The van der Waals surface area contributed by atoms with E-state index >= 15 is 0 Å².